The molecule has 0 spiro atoms. The minimum absolute atomic E-state index is 0.0362. The van der Waals surface area contributed by atoms with Crippen molar-refractivity contribution in [1.82, 2.24) is 19.8 Å². The average Bonchev–Trinajstić information content (AvgIpc) is 3.34. The van der Waals surface area contributed by atoms with E-state index in [0.717, 1.165) is 17.1 Å². The Kier molecular flexibility index (Phi) is 5.24. The van der Waals surface area contributed by atoms with Crippen molar-refractivity contribution in [3.8, 4) is 5.69 Å². The molecule has 1 aliphatic rings. The average molecular weight is 409 g/mol. The lowest BCUT2D eigenvalue weighted by molar-refractivity contribution is -0.384. The molecule has 2 atom stereocenters. The number of pyridine rings is 1. The quantitative estimate of drug-likeness (QED) is 0.367. The number of rotatable bonds is 6. The highest BCUT2D eigenvalue weighted by Gasteiger charge is 2.40. The maximum atomic E-state index is 11.0. The van der Waals surface area contributed by atoms with Gasteiger partial charge in [0.2, 0.25) is 0 Å². The van der Waals surface area contributed by atoms with E-state index in [0.29, 0.717) is 11.7 Å². The fourth-order valence-corrected chi connectivity index (χ4v) is 4.01. The number of nitrogens with one attached hydrogen (secondary N) is 1. The summed E-state index contributed by atoms with van der Waals surface area (Å²) in [6, 6.07) is 15.6. The number of β-amino-alcohol motifs (C(OH)–C–C–N with tert-alkyl or cyclic N) is 1. The maximum Gasteiger partial charge on any atom is 0.269 e. The zero-order valence-corrected chi connectivity index (χ0v) is 16.2. The first-order chi connectivity index (χ1) is 14.1. The largest absolute Gasteiger partial charge is 0.395 e. The molecule has 148 valence electrons. The van der Waals surface area contributed by atoms with Gasteiger partial charge in [0, 0.05) is 42.5 Å². The van der Waals surface area contributed by atoms with Crippen LogP contribution in [0.2, 0.25) is 0 Å². The summed E-state index contributed by atoms with van der Waals surface area (Å²) in [4.78, 5) is 17.0. The van der Waals surface area contributed by atoms with Crippen molar-refractivity contribution < 1.29 is 10.0 Å². The number of hydrogen-bond acceptors (Lipinski definition) is 5. The lowest BCUT2D eigenvalue weighted by Gasteiger charge is -2.28. The van der Waals surface area contributed by atoms with Gasteiger partial charge in [-0.05, 0) is 48.6 Å². The van der Waals surface area contributed by atoms with Crippen molar-refractivity contribution in [3.05, 3.63) is 88.5 Å². The van der Waals surface area contributed by atoms with Gasteiger partial charge in [0.25, 0.3) is 5.69 Å². The summed E-state index contributed by atoms with van der Waals surface area (Å²) < 4.78 is 1.98. The van der Waals surface area contributed by atoms with Crippen LogP contribution in [0.1, 0.15) is 23.5 Å². The van der Waals surface area contributed by atoms with Crippen molar-refractivity contribution in [2.45, 2.75) is 12.1 Å². The van der Waals surface area contributed by atoms with Gasteiger partial charge in [0.05, 0.1) is 29.3 Å². The van der Waals surface area contributed by atoms with Crippen LogP contribution < -0.4 is 5.32 Å². The van der Waals surface area contributed by atoms with Crippen LogP contribution in [0.4, 0.5) is 5.69 Å². The third kappa shape index (κ3) is 3.57. The van der Waals surface area contributed by atoms with Gasteiger partial charge in [-0.3, -0.25) is 15.1 Å². The van der Waals surface area contributed by atoms with Crippen molar-refractivity contribution in [3.63, 3.8) is 0 Å². The van der Waals surface area contributed by atoms with E-state index < -0.39 is 4.92 Å². The standard InChI is InChI=1S/C20H19N5O3S/c26-13-12-24-19(18(22-20(24)29)16-4-1-2-10-21-16)17-5-3-11-23(17)14-6-8-15(9-7-14)25(27)28/h1-11,18-19,26H,12-13H2,(H,22,29)/t18-,19+/m0/s1. The summed E-state index contributed by atoms with van der Waals surface area (Å²) in [7, 11) is 0. The molecule has 9 heteroatoms. The van der Waals surface area contributed by atoms with Gasteiger partial charge in [0.15, 0.2) is 5.11 Å². The van der Waals surface area contributed by atoms with Crippen molar-refractivity contribution in [2.24, 2.45) is 0 Å². The van der Waals surface area contributed by atoms with Gasteiger partial charge in [-0.1, -0.05) is 6.07 Å². The number of hydrogen-bond donors (Lipinski definition) is 2. The molecule has 29 heavy (non-hydrogen) atoms. The molecule has 0 bridgehead atoms. The van der Waals surface area contributed by atoms with Gasteiger partial charge in [-0.25, -0.2) is 0 Å². The third-order valence-electron chi connectivity index (χ3n) is 4.96. The Bertz CT molecular complexity index is 1020. The molecule has 3 heterocycles. The minimum Gasteiger partial charge on any atom is -0.395 e. The number of nitrogens with zero attached hydrogens (tertiary/aromatic N) is 4. The summed E-state index contributed by atoms with van der Waals surface area (Å²) >= 11 is 5.53. The maximum absolute atomic E-state index is 11.0. The molecular weight excluding hydrogens is 390 g/mol. The van der Waals surface area contributed by atoms with Crippen LogP contribution in [-0.4, -0.2) is 42.7 Å². The molecule has 1 saturated heterocycles. The minimum atomic E-state index is -0.417. The lowest BCUT2D eigenvalue weighted by atomic mass is 10.0. The van der Waals surface area contributed by atoms with Gasteiger partial charge < -0.3 is 19.9 Å². The van der Waals surface area contributed by atoms with E-state index in [1.807, 2.05) is 46.0 Å². The molecule has 0 radical (unpaired) electrons. The number of non-ortho nitro benzene ring substituents is 1. The number of nitro groups is 1. The fraction of sp³-hybridized carbons (Fsp3) is 0.200. The first-order valence-electron chi connectivity index (χ1n) is 9.11. The molecule has 4 rings (SSSR count). The van der Waals surface area contributed by atoms with E-state index in [1.165, 1.54) is 12.1 Å². The van der Waals surface area contributed by atoms with Crippen molar-refractivity contribution in [2.75, 3.05) is 13.2 Å². The molecule has 8 nitrogen and oxygen atoms in total. The highest BCUT2D eigenvalue weighted by molar-refractivity contribution is 7.80. The van der Waals surface area contributed by atoms with E-state index in [-0.39, 0.29) is 24.4 Å². The molecule has 0 unspecified atom stereocenters. The van der Waals surface area contributed by atoms with E-state index in [9.17, 15) is 15.2 Å². The van der Waals surface area contributed by atoms with Crippen molar-refractivity contribution in [1.29, 1.82) is 0 Å². The zero-order chi connectivity index (χ0) is 20.4. The monoisotopic (exact) mass is 409 g/mol. The Morgan fingerprint density at radius 3 is 2.62 bits per heavy atom. The number of thiocarbonyl (C=S) groups is 1. The third-order valence-corrected chi connectivity index (χ3v) is 5.31. The summed E-state index contributed by atoms with van der Waals surface area (Å²) in [6.45, 7) is 0.344. The highest BCUT2D eigenvalue weighted by atomic mass is 32.1. The van der Waals surface area contributed by atoms with Gasteiger partial charge in [0.1, 0.15) is 0 Å². The highest BCUT2D eigenvalue weighted by Crippen LogP contribution is 2.39. The molecule has 0 amide bonds. The predicted molar refractivity (Wildman–Crippen MR) is 112 cm³/mol. The van der Waals surface area contributed by atoms with Crippen LogP contribution >= 0.6 is 12.2 Å². The molecule has 2 N–H and O–H groups in total. The van der Waals surface area contributed by atoms with Crippen LogP contribution in [0, 0.1) is 10.1 Å². The summed E-state index contributed by atoms with van der Waals surface area (Å²) in [5.41, 5.74) is 2.63. The fourth-order valence-electron chi connectivity index (χ4n) is 3.68. The Labute approximate surface area is 172 Å². The van der Waals surface area contributed by atoms with Crippen LogP contribution in [0.25, 0.3) is 5.69 Å². The van der Waals surface area contributed by atoms with E-state index in [1.54, 1.807) is 18.3 Å². The molecule has 1 fully saturated rings. The number of nitro benzene ring substituents is 1. The summed E-state index contributed by atoms with van der Waals surface area (Å²) in [6.07, 6.45) is 3.64. The van der Waals surface area contributed by atoms with Crippen molar-refractivity contribution >= 4 is 23.0 Å². The number of aromatic nitrogens is 2. The Hall–Kier alpha value is -3.30. The normalized spacial score (nSPS) is 18.7. The van der Waals surface area contributed by atoms with Gasteiger partial charge >= 0.3 is 0 Å². The predicted octanol–water partition coefficient (Wildman–Crippen LogP) is 2.75. The SMILES string of the molecule is O=[N+]([O-])c1ccc(-n2cccc2[C@@H]2[C@H](c3ccccn3)NC(=S)N2CCO)cc1. The molecule has 0 aliphatic carbocycles. The van der Waals surface area contributed by atoms with E-state index >= 15 is 0 Å². The first kappa shape index (κ1) is 19.0. The second-order valence-corrected chi connectivity index (χ2v) is 7.01. The molecule has 1 aliphatic heterocycles. The Morgan fingerprint density at radius 1 is 1.17 bits per heavy atom. The molecular formula is C20H19N5O3S. The Morgan fingerprint density at radius 2 is 1.97 bits per heavy atom. The summed E-state index contributed by atoms with van der Waals surface area (Å²) in [5.74, 6) is 0. The van der Waals surface area contributed by atoms with Crippen LogP contribution in [-0.2, 0) is 0 Å². The smallest absolute Gasteiger partial charge is 0.269 e. The summed E-state index contributed by atoms with van der Waals surface area (Å²) in [5, 5.41) is 24.4. The second-order valence-electron chi connectivity index (χ2n) is 6.62. The number of aliphatic hydroxyl groups is 1. The van der Waals surface area contributed by atoms with Crippen LogP contribution in [0.15, 0.2) is 67.0 Å². The number of aliphatic hydroxyl groups excluding tert-OH is 1. The molecule has 2 aromatic heterocycles. The second kappa shape index (κ2) is 7.98. The van der Waals surface area contributed by atoms with Crippen LogP contribution in [0.5, 0.6) is 0 Å². The molecule has 3 aromatic rings. The van der Waals surface area contributed by atoms with E-state index in [2.05, 4.69) is 10.3 Å². The molecule has 1 aromatic carbocycles. The van der Waals surface area contributed by atoms with Gasteiger partial charge in [-0.2, -0.15) is 0 Å². The Balaban J connectivity index is 1.77. The number of benzene rings is 1. The first-order valence-corrected chi connectivity index (χ1v) is 9.52. The topological polar surface area (TPSA) is 96.5 Å². The molecule has 0 saturated carbocycles. The van der Waals surface area contributed by atoms with E-state index in [4.69, 9.17) is 12.2 Å². The lowest BCUT2D eigenvalue weighted by Crippen LogP contribution is -2.32. The van der Waals surface area contributed by atoms with Crippen LogP contribution in [0.3, 0.4) is 0 Å². The zero-order valence-electron chi connectivity index (χ0n) is 15.4. The van der Waals surface area contributed by atoms with Gasteiger partial charge in [-0.15, -0.1) is 0 Å².